The van der Waals surface area contributed by atoms with E-state index in [1.807, 2.05) is 26.2 Å². The summed E-state index contributed by atoms with van der Waals surface area (Å²) in [6.45, 7) is 1.65. The number of Topliss-reactive ketones (excluding diaryl/α,β-unsaturated/α-hetero) is 1. The van der Waals surface area contributed by atoms with Gasteiger partial charge in [-0.25, -0.2) is 0 Å². The van der Waals surface area contributed by atoms with Gasteiger partial charge in [-0.15, -0.1) is 0 Å². The molecule has 0 fully saturated rings. The summed E-state index contributed by atoms with van der Waals surface area (Å²) in [4.78, 5) is 13.2. The number of hydrogen-bond acceptors (Lipinski definition) is 2. The third kappa shape index (κ3) is 4.06. The molecule has 0 aliphatic heterocycles. The molecule has 1 unspecified atom stereocenters. The Bertz CT molecular complexity index is 345. The van der Waals surface area contributed by atoms with E-state index in [1.54, 1.807) is 6.92 Å². The number of nitrogens with zero attached hydrogens (tertiary/aromatic N) is 1. The van der Waals surface area contributed by atoms with Crippen LogP contribution in [0.5, 0.6) is 0 Å². The molecule has 1 aromatic carbocycles. The van der Waals surface area contributed by atoms with Crippen LogP contribution in [0.2, 0.25) is 0 Å². The van der Waals surface area contributed by atoms with Crippen LogP contribution in [0.25, 0.3) is 0 Å². The van der Waals surface area contributed by atoms with Crippen molar-refractivity contribution < 1.29 is 4.79 Å². The maximum atomic E-state index is 11.0. The lowest BCUT2D eigenvalue weighted by atomic mass is 10.00. The molecule has 16 heavy (non-hydrogen) atoms. The molecule has 88 valence electrons. The average molecular weight is 284 g/mol. The maximum absolute atomic E-state index is 11.0. The Kier molecular flexibility index (Phi) is 5.16. The van der Waals surface area contributed by atoms with E-state index in [0.717, 1.165) is 10.9 Å². The molecule has 0 amide bonds. The summed E-state index contributed by atoms with van der Waals surface area (Å²) in [5, 5.41) is 0. The predicted octanol–water partition coefficient (Wildman–Crippen LogP) is 3.42. The first-order chi connectivity index (χ1) is 7.50. The van der Waals surface area contributed by atoms with Crippen LogP contribution >= 0.6 is 15.9 Å². The van der Waals surface area contributed by atoms with Gasteiger partial charge in [0.1, 0.15) is 5.78 Å². The zero-order chi connectivity index (χ0) is 12.1. The SMILES string of the molecule is CC(=O)CCC(c1ccc(Br)cc1)N(C)C. The second kappa shape index (κ2) is 6.16. The topological polar surface area (TPSA) is 20.3 Å². The average Bonchev–Trinajstić information content (AvgIpc) is 2.20. The highest BCUT2D eigenvalue weighted by Gasteiger charge is 2.14. The second-order valence-corrected chi connectivity index (χ2v) is 5.19. The van der Waals surface area contributed by atoms with Crippen LogP contribution in [-0.2, 0) is 4.79 Å². The summed E-state index contributed by atoms with van der Waals surface area (Å²) in [6.07, 6.45) is 1.52. The number of halogens is 1. The van der Waals surface area contributed by atoms with Gasteiger partial charge in [0.15, 0.2) is 0 Å². The normalized spacial score (nSPS) is 12.8. The van der Waals surface area contributed by atoms with Gasteiger partial charge in [0, 0.05) is 16.9 Å². The number of carbonyl (C=O) groups is 1. The Morgan fingerprint density at radius 3 is 2.31 bits per heavy atom. The third-order valence-corrected chi connectivity index (χ3v) is 3.18. The Balaban J connectivity index is 2.77. The van der Waals surface area contributed by atoms with Crippen molar-refractivity contribution in [3.63, 3.8) is 0 Å². The van der Waals surface area contributed by atoms with Gasteiger partial charge in [0.05, 0.1) is 0 Å². The minimum Gasteiger partial charge on any atom is -0.302 e. The highest BCUT2D eigenvalue weighted by Crippen LogP contribution is 2.24. The summed E-state index contributed by atoms with van der Waals surface area (Å²) in [5.41, 5.74) is 1.26. The van der Waals surface area contributed by atoms with Crippen molar-refractivity contribution in [2.75, 3.05) is 14.1 Å². The van der Waals surface area contributed by atoms with E-state index in [4.69, 9.17) is 0 Å². The minimum absolute atomic E-state index is 0.254. The number of ketones is 1. The molecule has 0 aliphatic rings. The second-order valence-electron chi connectivity index (χ2n) is 4.27. The number of benzene rings is 1. The summed E-state index contributed by atoms with van der Waals surface area (Å²) in [6, 6.07) is 8.61. The molecule has 0 spiro atoms. The van der Waals surface area contributed by atoms with Crippen molar-refractivity contribution in [2.24, 2.45) is 0 Å². The molecule has 3 heteroatoms. The van der Waals surface area contributed by atoms with Gasteiger partial charge < -0.3 is 9.69 Å². The molecular weight excluding hydrogens is 266 g/mol. The molecule has 0 aliphatic carbocycles. The molecule has 0 radical (unpaired) electrons. The van der Waals surface area contributed by atoms with E-state index in [9.17, 15) is 4.79 Å². The van der Waals surface area contributed by atoms with E-state index in [2.05, 4.69) is 33.0 Å². The molecule has 1 aromatic rings. The molecule has 2 nitrogen and oxygen atoms in total. The fraction of sp³-hybridized carbons (Fsp3) is 0.462. The van der Waals surface area contributed by atoms with Crippen LogP contribution in [0.1, 0.15) is 31.4 Å². The highest BCUT2D eigenvalue weighted by atomic mass is 79.9. The van der Waals surface area contributed by atoms with Crippen LogP contribution in [0, 0.1) is 0 Å². The monoisotopic (exact) mass is 283 g/mol. The molecule has 0 aromatic heterocycles. The Morgan fingerprint density at radius 2 is 1.88 bits per heavy atom. The van der Waals surface area contributed by atoms with Gasteiger partial charge in [0.2, 0.25) is 0 Å². The fourth-order valence-electron chi connectivity index (χ4n) is 1.75. The number of rotatable bonds is 5. The molecule has 0 heterocycles. The standard InChI is InChI=1S/C13H18BrNO/c1-10(16)4-9-13(15(2)3)11-5-7-12(14)8-6-11/h5-8,13H,4,9H2,1-3H3. The van der Waals surface area contributed by atoms with Crippen LogP contribution in [0.15, 0.2) is 28.7 Å². The Morgan fingerprint density at radius 1 is 1.31 bits per heavy atom. The van der Waals surface area contributed by atoms with Crippen molar-refractivity contribution in [3.8, 4) is 0 Å². The molecule has 0 saturated heterocycles. The van der Waals surface area contributed by atoms with E-state index < -0.39 is 0 Å². The zero-order valence-corrected chi connectivity index (χ0v) is 11.6. The molecule has 1 rings (SSSR count). The van der Waals surface area contributed by atoms with Crippen molar-refractivity contribution in [1.29, 1.82) is 0 Å². The van der Waals surface area contributed by atoms with Gasteiger partial charge in [0.25, 0.3) is 0 Å². The van der Waals surface area contributed by atoms with Gasteiger partial charge >= 0.3 is 0 Å². The lowest BCUT2D eigenvalue weighted by Gasteiger charge is -2.24. The molecule has 0 bridgehead atoms. The van der Waals surface area contributed by atoms with E-state index >= 15 is 0 Å². The summed E-state index contributed by atoms with van der Waals surface area (Å²) in [7, 11) is 4.10. The molecule has 0 saturated carbocycles. The van der Waals surface area contributed by atoms with Gasteiger partial charge in [-0.3, -0.25) is 0 Å². The largest absolute Gasteiger partial charge is 0.302 e. The Hall–Kier alpha value is -0.670. The van der Waals surface area contributed by atoms with E-state index in [-0.39, 0.29) is 5.78 Å². The van der Waals surface area contributed by atoms with Crippen LogP contribution in [0.4, 0.5) is 0 Å². The predicted molar refractivity (Wildman–Crippen MR) is 70.5 cm³/mol. The summed E-state index contributed by atoms with van der Waals surface area (Å²) < 4.78 is 1.08. The van der Waals surface area contributed by atoms with Gasteiger partial charge in [-0.05, 0) is 45.1 Å². The molecular formula is C13H18BrNO. The van der Waals surface area contributed by atoms with Gasteiger partial charge in [-0.2, -0.15) is 0 Å². The number of carbonyl (C=O) groups excluding carboxylic acids is 1. The first kappa shape index (κ1) is 13.4. The molecule has 0 N–H and O–H groups in total. The molecule has 1 atom stereocenters. The van der Waals surface area contributed by atoms with Crippen molar-refractivity contribution in [3.05, 3.63) is 34.3 Å². The highest BCUT2D eigenvalue weighted by molar-refractivity contribution is 9.10. The van der Waals surface area contributed by atoms with Crippen LogP contribution in [0.3, 0.4) is 0 Å². The van der Waals surface area contributed by atoms with E-state index in [0.29, 0.717) is 12.5 Å². The third-order valence-electron chi connectivity index (χ3n) is 2.65. The summed E-state index contributed by atoms with van der Waals surface area (Å²) >= 11 is 3.43. The minimum atomic E-state index is 0.254. The van der Waals surface area contributed by atoms with Crippen LogP contribution in [-0.4, -0.2) is 24.8 Å². The fourth-order valence-corrected chi connectivity index (χ4v) is 2.01. The van der Waals surface area contributed by atoms with Crippen molar-refractivity contribution in [2.45, 2.75) is 25.8 Å². The number of hydrogen-bond donors (Lipinski definition) is 0. The Labute approximate surface area is 106 Å². The first-order valence-electron chi connectivity index (χ1n) is 5.42. The first-order valence-corrected chi connectivity index (χ1v) is 6.21. The van der Waals surface area contributed by atoms with Crippen LogP contribution < -0.4 is 0 Å². The quantitative estimate of drug-likeness (QED) is 0.825. The zero-order valence-electron chi connectivity index (χ0n) is 10.0. The lowest BCUT2D eigenvalue weighted by molar-refractivity contribution is -0.117. The van der Waals surface area contributed by atoms with Gasteiger partial charge in [-0.1, -0.05) is 28.1 Å². The van der Waals surface area contributed by atoms with E-state index in [1.165, 1.54) is 5.56 Å². The maximum Gasteiger partial charge on any atom is 0.129 e. The summed E-state index contributed by atoms with van der Waals surface area (Å²) in [5.74, 6) is 0.254. The van der Waals surface area contributed by atoms with Crippen molar-refractivity contribution >= 4 is 21.7 Å². The van der Waals surface area contributed by atoms with Crippen molar-refractivity contribution in [1.82, 2.24) is 4.90 Å². The lowest BCUT2D eigenvalue weighted by Crippen LogP contribution is -2.20. The smallest absolute Gasteiger partial charge is 0.129 e.